The van der Waals surface area contributed by atoms with Crippen LogP contribution >= 0.6 is 11.6 Å². The second-order valence-electron chi connectivity index (χ2n) is 6.74. The van der Waals surface area contributed by atoms with E-state index in [4.69, 9.17) is 11.6 Å². The number of carbonyl (C=O) groups excluding carboxylic acids is 1. The number of anilines is 1. The van der Waals surface area contributed by atoms with Gasteiger partial charge in [0.25, 0.3) is 0 Å². The molecule has 1 atom stereocenters. The van der Waals surface area contributed by atoms with Gasteiger partial charge in [0.15, 0.2) is 0 Å². The number of aliphatic hydroxyl groups is 1. The fourth-order valence-electron chi connectivity index (χ4n) is 3.47. The van der Waals surface area contributed by atoms with Gasteiger partial charge in [0.2, 0.25) is 0 Å². The predicted molar refractivity (Wildman–Crippen MR) is 85.6 cm³/mol. The molecule has 5 heteroatoms. The summed E-state index contributed by atoms with van der Waals surface area (Å²) < 4.78 is 0. The summed E-state index contributed by atoms with van der Waals surface area (Å²) in [5.74, 6) is 0. The molecular weight excluding hydrogens is 288 g/mol. The Bertz CT molecular complexity index is 555. The Labute approximate surface area is 131 Å². The molecule has 0 saturated carbocycles. The van der Waals surface area contributed by atoms with E-state index in [1.165, 1.54) is 4.90 Å². The van der Waals surface area contributed by atoms with Gasteiger partial charge in [0, 0.05) is 18.0 Å². The van der Waals surface area contributed by atoms with E-state index in [2.05, 4.69) is 0 Å². The summed E-state index contributed by atoms with van der Waals surface area (Å²) in [6.07, 6.45) is 0.440. The van der Waals surface area contributed by atoms with Crippen LogP contribution in [0.4, 0.5) is 10.5 Å². The van der Waals surface area contributed by atoms with Crippen molar-refractivity contribution in [1.82, 2.24) is 4.90 Å². The van der Waals surface area contributed by atoms with Crippen molar-refractivity contribution < 1.29 is 9.90 Å². The molecule has 2 amide bonds. The Balaban J connectivity index is 2.55. The normalized spacial score (nSPS) is 25.6. The van der Waals surface area contributed by atoms with Crippen LogP contribution in [0.25, 0.3) is 0 Å². The topological polar surface area (TPSA) is 43.8 Å². The third kappa shape index (κ3) is 2.74. The van der Waals surface area contributed by atoms with Crippen LogP contribution in [-0.2, 0) is 0 Å². The van der Waals surface area contributed by atoms with Gasteiger partial charge in [0.1, 0.15) is 5.72 Å². The molecule has 1 heterocycles. The van der Waals surface area contributed by atoms with Crippen LogP contribution < -0.4 is 4.90 Å². The number of benzene rings is 1. The zero-order valence-electron chi connectivity index (χ0n) is 13.2. The minimum Gasteiger partial charge on any atom is -0.371 e. The predicted octanol–water partition coefficient (Wildman–Crippen LogP) is 3.87. The lowest BCUT2D eigenvalue weighted by atomic mass is 9.86. The maximum Gasteiger partial charge on any atom is 0.327 e. The quantitative estimate of drug-likeness (QED) is 0.901. The summed E-state index contributed by atoms with van der Waals surface area (Å²) >= 11 is 6.23. The summed E-state index contributed by atoms with van der Waals surface area (Å²) in [6.45, 7) is 9.56. The van der Waals surface area contributed by atoms with Gasteiger partial charge >= 0.3 is 6.03 Å². The van der Waals surface area contributed by atoms with Gasteiger partial charge < -0.3 is 10.0 Å². The van der Waals surface area contributed by atoms with Crippen LogP contribution in [0.2, 0.25) is 5.02 Å². The third-order valence-electron chi connectivity index (χ3n) is 3.91. The summed E-state index contributed by atoms with van der Waals surface area (Å²) in [5.41, 5.74) is -1.17. The zero-order valence-corrected chi connectivity index (χ0v) is 14.0. The first kappa shape index (κ1) is 16.1. The Hall–Kier alpha value is -1.26. The van der Waals surface area contributed by atoms with Crippen LogP contribution in [0, 0.1) is 0 Å². The lowest BCUT2D eigenvalue weighted by molar-refractivity contribution is -0.0334. The lowest BCUT2D eigenvalue weighted by Crippen LogP contribution is -2.69. The number of amides is 2. The van der Waals surface area contributed by atoms with Crippen molar-refractivity contribution in [2.24, 2.45) is 0 Å². The molecule has 4 nitrogen and oxygen atoms in total. The standard InChI is InChI=1S/C16H23ClN2O2/c1-11(2)18-14(20)19(13-9-7-6-8-12(13)17)16(5,21)10-15(18,3)4/h6-9,11,21H,10H2,1-5H3/t16-/m0/s1. The Kier molecular flexibility index (Phi) is 3.98. The average Bonchev–Trinajstić information content (AvgIpc) is 2.27. The van der Waals surface area contributed by atoms with E-state index in [-0.39, 0.29) is 12.1 Å². The second-order valence-corrected chi connectivity index (χ2v) is 7.15. The van der Waals surface area contributed by atoms with E-state index in [0.29, 0.717) is 17.1 Å². The van der Waals surface area contributed by atoms with Gasteiger partial charge in [-0.2, -0.15) is 0 Å². The zero-order chi connectivity index (χ0) is 16.0. The summed E-state index contributed by atoms with van der Waals surface area (Å²) in [6, 6.07) is 6.90. The molecule has 1 aliphatic rings. The number of hydrogen-bond donors (Lipinski definition) is 1. The fraction of sp³-hybridized carbons (Fsp3) is 0.562. The van der Waals surface area contributed by atoms with Crippen molar-refractivity contribution in [1.29, 1.82) is 0 Å². The average molecular weight is 311 g/mol. The molecule has 0 aromatic heterocycles. The smallest absolute Gasteiger partial charge is 0.327 e. The van der Waals surface area contributed by atoms with Gasteiger partial charge in [-0.1, -0.05) is 23.7 Å². The van der Waals surface area contributed by atoms with Crippen LogP contribution in [0.3, 0.4) is 0 Å². The van der Waals surface area contributed by atoms with Crippen molar-refractivity contribution >= 4 is 23.3 Å². The van der Waals surface area contributed by atoms with Crippen LogP contribution in [-0.4, -0.2) is 33.3 Å². The number of hydrogen-bond acceptors (Lipinski definition) is 2. The Morgan fingerprint density at radius 2 is 1.81 bits per heavy atom. The molecular formula is C16H23ClN2O2. The molecule has 1 aromatic carbocycles. The van der Waals surface area contributed by atoms with E-state index in [9.17, 15) is 9.90 Å². The highest BCUT2D eigenvalue weighted by Crippen LogP contribution is 2.41. The van der Waals surface area contributed by atoms with E-state index in [1.807, 2.05) is 33.8 Å². The van der Waals surface area contributed by atoms with Crippen molar-refractivity contribution in [3.8, 4) is 0 Å². The van der Waals surface area contributed by atoms with E-state index < -0.39 is 11.3 Å². The van der Waals surface area contributed by atoms with Gasteiger partial charge in [0.05, 0.1) is 10.7 Å². The highest BCUT2D eigenvalue weighted by atomic mass is 35.5. The number of nitrogens with zero attached hydrogens (tertiary/aromatic N) is 2. The highest BCUT2D eigenvalue weighted by Gasteiger charge is 2.51. The van der Waals surface area contributed by atoms with Crippen LogP contribution in [0.1, 0.15) is 41.0 Å². The monoisotopic (exact) mass is 310 g/mol. The molecule has 0 radical (unpaired) electrons. The Morgan fingerprint density at radius 1 is 1.24 bits per heavy atom. The molecule has 0 aliphatic carbocycles. The van der Waals surface area contributed by atoms with Crippen LogP contribution in [0.5, 0.6) is 0 Å². The highest BCUT2D eigenvalue weighted by molar-refractivity contribution is 6.33. The Morgan fingerprint density at radius 3 is 2.33 bits per heavy atom. The maximum atomic E-state index is 13.0. The number of urea groups is 1. The van der Waals surface area contributed by atoms with Gasteiger partial charge in [-0.25, -0.2) is 4.79 Å². The number of carbonyl (C=O) groups is 1. The van der Waals surface area contributed by atoms with Crippen molar-refractivity contribution in [3.05, 3.63) is 29.3 Å². The maximum absolute atomic E-state index is 13.0. The second kappa shape index (κ2) is 5.18. The number of para-hydroxylation sites is 1. The minimum absolute atomic E-state index is 0.0357. The van der Waals surface area contributed by atoms with Crippen molar-refractivity contribution in [3.63, 3.8) is 0 Å². The molecule has 21 heavy (non-hydrogen) atoms. The largest absolute Gasteiger partial charge is 0.371 e. The molecule has 1 saturated heterocycles. The molecule has 1 aliphatic heterocycles. The summed E-state index contributed by atoms with van der Waals surface area (Å²) in [5, 5.41) is 11.3. The minimum atomic E-state index is -1.28. The summed E-state index contributed by atoms with van der Waals surface area (Å²) in [4.78, 5) is 16.2. The van der Waals surface area contributed by atoms with E-state index >= 15 is 0 Å². The summed E-state index contributed by atoms with van der Waals surface area (Å²) in [7, 11) is 0. The first-order valence-corrected chi connectivity index (χ1v) is 7.56. The first-order valence-electron chi connectivity index (χ1n) is 7.18. The molecule has 116 valence electrons. The molecule has 1 N–H and O–H groups in total. The van der Waals surface area contributed by atoms with Gasteiger partial charge in [-0.15, -0.1) is 0 Å². The molecule has 2 rings (SSSR count). The van der Waals surface area contributed by atoms with E-state index in [0.717, 1.165) is 0 Å². The van der Waals surface area contributed by atoms with E-state index in [1.54, 1.807) is 30.0 Å². The molecule has 1 fully saturated rings. The fourth-order valence-corrected chi connectivity index (χ4v) is 3.69. The molecule has 1 aromatic rings. The van der Waals surface area contributed by atoms with Gasteiger partial charge in [-0.05, 0) is 46.8 Å². The van der Waals surface area contributed by atoms with Crippen molar-refractivity contribution in [2.75, 3.05) is 4.90 Å². The first-order chi connectivity index (χ1) is 9.58. The van der Waals surface area contributed by atoms with Crippen LogP contribution in [0.15, 0.2) is 24.3 Å². The molecule has 0 spiro atoms. The third-order valence-corrected chi connectivity index (χ3v) is 4.23. The molecule has 0 bridgehead atoms. The van der Waals surface area contributed by atoms with Crippen molar-refractivity contribution in [2.45, 2.75) is 58.3 Å². The number of halogens is 1. The van der Waals surface area contributed by atoms with Gasteiger partial charge in [-0.3, -0.25) is 4.90 Å². The number of rotatable bonds is 2. The SMILES string of the molecule is CC(C)N1C(=O)N(c2ccccc2Cl)[C@@](C)(O)CC1(C)C. The molecule has 0 unspecified atom stereocenters. The lowest BCUT2D eigenvalue weighted by Gasteiger charge is -2.55.